The molecular formula is C24H37N5O2. The summed E-state index contributed by atoms with van der Waals surface area (Å²) in [5.74, 6) is 2.63. The van der Waals surface area contributed by atoms with Crippen molar-refractivity contribution in [1.82, 2.24) is 20.4 Å². The summed E-state index contributed by atoms with van der Waals surface area (Å²) in [6.07, 6.45) is 1.08. The third-order valence-corrected chi connectivity index (χ3v) is 5.60. The van der Waals surface area contributed by atoms with Crippen LogP contribution in [0.15, 0.2) is 29.3 Å². The molecule has 1 aromatic carbocycles. The van der Waals surface area contributed by atoms with Crippen LogP contribution >= 0.6 is 0 Å². The minimum absolute atomic E-state index is 0.420. The quantitative estimate of drug-likeness (QED) is 0.475. The first-order valence-corrected chi connectivity index (χ1v) is 11.2. The Labute approximate surface area is 186 Å². The Kier molecular flexibility index (Phi) is 8.35. The van der Waals surface area contributed by atoms with Gasteiger partial charge in [0.2, 0.25) is 0 Å². The maximum absolute atomic E-state index is 6.16. The fourth-order valence-corrected chi connectivity index (χ4v) is 3.75. The summed E-state index contributed by atoms with van der Waals surface area (Å²) in [7, 11) is 1.80. The zero-order valence-electron chi connectivity index (χ0n) is 19.6. The van der Waals surface area contributed by atoms with Crippen molar-refractivity contribution in [3.63, 3.8) is 0 Å². The van der Waals surface area contributed by atoms with E-state index in [1.807, 2.05) is 6.92 Å². The molecule has 3 rings (SSSR count). The van der Waals surface area contributed by atoms with Crippen LogP contribution in [0, 0.1) is 32.6 Å². The first kappa shape index (κ1) is 23.1. The van der Waals surface area contributed by atoms with Gasteiger partial charge in [-0.1, -0.05) is 19.1 Å². The summed E-state index contributed by atoms with van der Waals surface area (Å²) in [4.78, 5) is 4.37. The standard InChI is InChI=1S/C24H37N5O2/c1-17-6-7-22(23(10-17)31-16-21-8-9-30-15-21)13-27-24(25-5)26-12-18(2)14-29-20(4)11-19(3)28-29/h6-7,10-11,18,21H,8-9,12-16H2,1-5H3,(H2,25,26,27). The number of hydrogen-bond donors (Lipinski definition) is 2. The van der Waals surface area contributed by atoms with Gasteiger partial charge in [-0.3, -0.25) is 9.67 Å². The van der Waals surface area contributed by atoms with Crippen LogP contribution in [0.1, 0.15) is 35.9 Å². The van der Waals surface area contributed by atoms with Crippen LogP contribution in [0.4, 0.5) is 0 Å². The van der Waals surface area contributed by atoms with Crippen molar-refractivity contribution in [2.75, 3.05) is 33.4 Å². The third kappa shape index (κ3) is 6.99. The summed E-state index contributed by atoms with van der Waals surface area (Å²) < 4.78 is 13.7. The Hall–Kier alpha value is -2.54. The molecule has 2 aromatic rings. The average Bonchev–Trinajstić information content (AvgIpc) is 3.37. The van der Waals surface area contributed by atoms with Gasteiger partial charge >= 0.3 is 0 Å². The monoisotopic (exact) mass is 427 g/mol. The Bertz CT molecular complexity index is 871. The number of rotatable bonds is 9. The van der Waals surface area contributed by atoms with Crippen molar-refractivity contribution < 1.29 is 9.47 Å². The summed E-state index contributed by atoms with van der Waals surface area (Å²) >= 11 is 0. The third-order valence-electron chi connectivity index (χ3n) is 5.60. The number of guanidine groups is 1. The van der Waals surface area contributed by atoms with Crippen molar-refractivity contribution in [3.8, 4) is 5.75 Å². The molecule has 0 aliphatic carbocycles. The maximum Gasteiger partial charge on any atom is 0.191 e. The largest absolute Gasteiger partial charge is 0.493 e. The van der Waals surface area contributed by atoms with Crippen LogP contribution in [-0.2, 0) is 17.8 Å². The average molecular weight is 428 g/mol. The molecule has 0 saturated carbocycles. The molecule has 31 heavy (non-hydrogen) atoms. The first-order chi connectivity index (χ1) is 14.9. The van der Waals surface area contributed by atoms with E-state index in [2.05, 4.69) is 70.4 Å². The molecule has 0 bridgehead atoms. The Balaban J connectivity index is 1.49. The number of aryl methyl sites for hydroxylation is 3. The van der Waals surface area contributed by atoms with E-state index in [0.717, 1.165) is 55.7 Å². The molecule has 0 radical (unpaired) electrons. The number of nitrogens with one attached hydrogen (secondary N) is 2. The Morgan fingerprint density at radius 1 is 1.29 bits per heavy atom. The Morgan fingerprint density at radius 3 is 2.81 bits per heavy atom. The SMILES string of the molecule is CN=C(NCc1ccc(C)cc1OCC1CCOC1)NCC(C)Cn1nc(C)cc1C. The lowest BCUT2D eigenvalue weighted by Gasteiger charge is -2.18. The van der Waals surface area contributed by atoms with Gasteiger partial charge in [-0.15, -0.1) is 0 Å². The van der Waals surface area contributed by atoms with Gasteiger partial charge in [0.05, 0.1) is 18.9 Å². The molecule has 7 nitrogen and oxygen atoms in total. The normalized spacial score (nSPS) is 17.6. The van der Waals surface area contributed by atoms with Gasteiger partial charge in [0.15, 0.2) is 5.96 Å². The fourth-order valence-electron chi connectivity index (χ4n) is 3.75. The maximum atomic E-state index is 6.16. The minimum atomic E-state index is 0.420. The molecule has 2 unspecified atom stereocenters. The zero-order chi connectivity index (χ0) is 22.2. The highest BCUT2D eigenvalue weighted by Crippen LogP contribution is 2.22. The molecule has 2 heterocycles. The minimum Gasteiger partial charge on any atom is -0.493 e. The number of aliphatic imine (C=N–C) groups is 1. The van der Waals surface area contributed by atoms with Crippen LogP contribution in [0.2, 0.25) is 0 Å². The molecule has 1 fully saturated rings. The van der Waals surface area contributed by atoms with Crippen molar-refractivity contribution in [2.24, 2.45) is 16.8 Å². The van der Waals surface area contributed by atoms with E-state index in [-0.39, 0.29) is 0 Å². The molecule has 2 atom stereocenters. The zero-order valence-corrected chi connectivity index (χ0v) is 19.6. The van der Waals surface area contributed by atoms with Gasteiger partial charge in [0.1, 0.15) is 5.75 Å². The summed E-state index contributed by atoms with van der Waals surface area (Å²) in [5, 5.41) is 11.4. The van der Waals surface area contributed by atoms with E-state index < -0.39 is 0 Å². The Morgan fingerprint density at radius 2 is 2.13 bits per heavy atom. The molecule has 1 saturated heterocycles. The van der Waals surface area contributed by atoms with Crippen LogP contribution in [0.5, 0.6) is 5.75 Å². The van der Waals surface area contributed by atoms with Crippen LogP contribution in [0.25, 0.3) is 0 Å². The highest BCUT2D eigenvalue weighted by molar-refractivity contribution is 5.79. The van der Waals surface area contributed by atoms with E-state index in [9.17, 15) is 0 Å². The van der Waals surface area contributed by atoms with Gasteiger partial charge in [-0.25, -0.2) is 0 Å². The predicted octanol–water partition coefficient (Wildman–Crippen LogP) is 3.22. The summed E-state index contributed by atoms with van der Waals surface area (Å²) in [5.41, 5.74) is 4.58. The number of hydrogen-bond acceptors (Lipinski definition) is 4. The molecule has 2 N–H and O–H groups in total. The van der Waals surface area contributed by atoms with E-state index in [4.69, 9.17) is 9.47 Å². The second-order valence-electron chi connectivity index (χ2n) is 8.67. The molecular weight excluding hydrogens is 390 g/mol. The fraction of sp³-hybridized carbons (Fsp3) is 0.583. The lowest BCUT2D eigenvalue weighted by molar-refractivity contribution is 0.166. The summed E-state index contributed by atoms with van der Waals surface area (Å²) in [6, 6.07) is 8.47. The molecule has 170 valence electrons. The number of aromatic nitrogens is 2. The highest BCUT2D eigenvalue weighted by Gasteiger charge is 2.17. The lowest BCUT2D eigenvalue weighted by Crippen LogP contribution is -2.39. The van der Waals surface area contributed by atoms with Gasteiger partial charge in [0.25, 0.3) is 0 Å². The molecule has 1 aliphatic rings. The van der Waals surface area contributed by atoms with Crippen molar-refractivity contribution in [1.29, 1.82) is 0 Å². The topological polar surface area (TPSA) is 72.7 Å². The van der Waals surface area contributed by atoms with Crippen LogP contribution in [-0.4, -0.2) is 49.2 Å². The highest BCUT2D eigenvalue weighted by atomic mass is 16.5. The van der Waals surface area contributed by atoms with Crippen molar-refractivity contribution in [2.45, 2.75) is 47.2 Å². The second-order valence-corrected chi connectivity index (χ2v) is 8.67. The van der Waals surface area contributed by atoms with Crippen molar-refractivity contribution >= 4 is 5.96 Å². The van der Waals surface area contributed by atoms with E-state index in [1.54, 1.807) is 7.05 Å². The summed E-state index contributed by atoms with van der Waals surface area (Å²) in [6.45, 7) is 13.1. The van der Waals surface area contributed by atoms with Gasteiger partial charge in [-0.05, 0) is 50.8 Å². The molecule has 7 heteroatoms. The number of nitrogens with zero attached hydrogens (tertiary/aromatic N) is 3. The molecule has 0 spiro atoms. The lowest BCUT2D eigenvalue weighted by atomic mass is 10.1. The van der Waals surface area contributed by atoms with Gasteiger partial charge < -0.3 is 20.1 Å². The smallest absolute Gasteiger partial charge is 0.191 e. The van der Waals surface area contributed by atoms with E-state index in [1.165, 1.54) is 11.3 Å². The van der Waals surface area contributed by atoms with Gasteiger partial charge in [0, 0.05) is 50.5 Å². The number of benzene rings is 1. The van der Waals surface area contributed by atoms with Crippen LogP contribution in [0.3, 0.4) is 0 Å². The number of ether oxygens (including phenoxy) is 2. The van der Waals surface area contributed by atoms with E-state index >= 15 is 0 Å². The predicted molar refractivity (Wildman–Crippen MR) is 125 cm³/mol. The second kappa shape index (κ2) is 11.2. The molecule has 0 amide bonds. The van der Waals surface area contributed by atoms with Crippen LogP contribution < -0.4 is 15.4 Å². The first-order valence-electron chi connectivity index (χ1n) is 11.2. The van der Waals surface area contributed by atoms with E-state index in [0.29, 0.717) is 25.0 Å². The van der Waals surface area contributed by atoms with Gasteiger partial charge in [-0.2, -0.15) is 5.10 Å². The van der Waals surface area contributed by atoms with Crippen molar-refractivity contribution in [3.05, 3.63) is 46.8 Å². The molecule has 1 aliphatic heterocycles. The molecule has 1 aromatic heterocycles.